The number of rotatable bonds is 8. The molecule has 0 spiro atoms. The lowest BCUT2D eigenvalue weighted by molar-refractivity contribution is -0.146. The van der Waals surface area contributed by atoms with E-state index in [1.165, 1.54) is 30.5 Å². The van der Waals surface area contributed by atoms with Crippen molar-refractivity contribution < 1.29 is 21.8 Å². The molecule has 0 radical (unpaired) electrons. The summed E-state index contributed by atoms with van der Waals surface area (Å²) in [6.45, 7) is 4.95. The molecule has 11 heteroatoms. The number of alkyl halides is 3. The van der Waals surface area contributed by atoms with E-state index in [4.69, 9.17) is 0 Å². The van der Waals surface area contributed by atoms with Gasteiger partial charge in [-0.2, -0.15) is 18.4 Å². The van der Waals surface area contributed by atoms with E-state index < -0.39 is 29.0 Å². The number of nitrogens with zero attached hydrogens (tertiary/aromatic N) is 4. The fourth-order valence-electron chi connectivity index (χ4n) is 3.55. The van der Waals surface area contributed by atoms with E-state index in [0.717, 1.165) is 18.2 Å². The minimum absolute atomic E-state index is 0.0563. The molecule has 2 aromatic heterocycles. The van der Waals surface area contributed by atoms with Crippen LogP contribution in [-0.2, 0) is 24.1 Å². The molecule has 2 atom stereocenters. The lowest BCUT2D eigenvalue weighted by atomic mass is 10.0. The first kappa shape index (κ1) is 27.2. The number of halogens is 4. The van der Waals surface area contributed by atoms with Gasteiger partial charge in [-0.05, 0) is 50.1 Å². The molecule has 0 amide bonds. The fourth-order valence-corrected chi connectivity index (χ4v) is 4.48. The van der Waals surface area contributed by atoms with E-state index in [9.17, 15) is 27.0 Å². The van der Waals surface area contributed by atoms with E-state index in [1.807, 2.05) is 22.3 Å². The Hall–Kier alpha value is -3.36. The maximum atomic E-state index is 13.7. The van der Waals surface area contributed by atoms with Gasteiger partial charge >= 0.3 is 6.18 Å². The lowest BCUT2D eigenvalue weighted by Crippen LogP contribution is -2.40. The number of fused-ring (bicyclic) bond motifs is 1. The van der Waals surface area contributed by atoms with Crippen molar-refractivity contribution in [1.29, 1.82) is 5.26 Å². The predicted molar refractivity (Wildman–Crippen MR) is 132 cm³/mol. The van der Waals surface area contributed by atoms with Crippen LogP contribution in [0.3, 0.4) is 0 Å². The second kappa shape index (κ2) is 11.6. The molecule has 0 bridgehead atoms. The van der Waals surface area contributed by atoms with Crippen LogP contribution in [0.1, 0.15) is 44.0 Å². The SMILES string of the molecule is C/C=C(F)\C=C/Cn1c2c(c(C#N)c1-c1ccc(S(=O)NC(C)C(F)(F)F)cn1)C=C(CC)C=NC2. The Labute approximate surface area is 209 Å². The third-order valence-corrected chi connectivity index (χ3v) is 6.81. The molecule has 36 heavy (non-hydrogen) atoms. The fraction of sp³-hybridized carbons (Fsp3) is 0.320. The molecule has 1 aliphatic heterocycles. The zero-order valence-electron chi connectivity index (χ0n) is 19.9. The minimum Gasteiger partial charge on any atom is -0.336 e. The van der Waals surface area contributed by atoms with Gasteiger partial charge in [-0.15, -0.1) is 0 Å². The average Bonchev–Trinajstić information content (AvgIpc) is 2.99. The molecular formula is C25H25F4N5OS. The highest BCUT2D eigenvalue weighted by atomic mass is 32.2. The first-order valence-electron chi connectivity index (χ1n) is 11.2. The first-order chi connectivity index (χ1) is 17.1. The molecule has 190 valence electrons. The summed E-state index contributed by atoms with van der Waals surface area (Å²) in [5.74, 6) is -0.410. The molecule has 0 saturated heterocycles. The molecular weight excluding hydrogens is 494 g/mol. The molecule has 2 unspecified atom stereocenters. The lowest BCUT2D eigenvalue weighted by Gasteiger charge is -2.16. The molecule has 0 aliphatic carbocycles. The van der Waals surface area contributed by atoms with Gasteiger partial charge in [0.15, 0.2) is 0 Å². The summed E-state index contributed by atoms with van der Waals surface area (Å²) in [4.78, 5) is 8.83. The van der Waals surface area contributed by atoms with Gasteiger partial charge < -0.3 is 4.57 Å². The number of nitriles is 1. The molecule has 1 aliphatic rings. The first-order valence-corrected chi connectivity index (χ1v) is 12.3. The van der Waals surface area contributed by atoms with Crippen LogP contribution >= 0.6 is 0 Å². The van der Waals surface area contributed by atoms with Gasteiger partial charge in [0.1, 0.15) is 28.9 Å². The Balaban J connectivity index is 2.08. The van der Waals surface area contributed by atoms with Crippen LogP contribution in [0.4, 0.5) is 17.6 Å². The molecule has 0 aromatic carbocycles. The highest BCUT2D eigenvalue weighted by molar-refractivity contribution is 7.83. The summed E-state index contributed by atoms with van der Waals surface area (Å²) in [5.41, 5.74) is 3.56. The van der Waals surface area contributed by atoms with Gasteiger partial charge in [0.25, 0.3) is 0 Å². The van der Waals surface area contributed by atoms with Crippen LogP contribution in [-0.4, -0.2) is 32.2 Å². The van der Waals surface area contributed by atoms with E-state index in [0.29, 0.717) is 35.5 Å². The zero-order valence-corrected chi connectivity index (χ0v) is 20.8. The van der Waals surface area contributed by atoms with Crippen molar-refractivity contribution in [3.8, 4) is 17.5 Å². The van der Waals surface area contributed by atoms with Crippen LogP contribution in [0, 0.1) is 11.3 Å². The zero-order chi connectivity index (χ0) is 26.5. The molecule has 3 heterocycles. The normalized spacial score (nSPS) is 15.8. The Kier molecular flexibility index (Phi) is 8.76. The predicted octanol–water partition coefficient (Wildman–Crippen LogP) is 5.79. The van der Waals surface area contributed by atoms with Crippen LogP contribution < -0.4 is 4.72 Å². The monoisotopic (exact) mass is 519 g/mol. The van der Waals surface area contributed by atoms with Crippen molar-refractivity contribution in [2.24, 2.45) is 4.99 Å². The second-order valence-corrected chi connectivity index (χ2v) is 9.20. The maximum Gasteiger partial charge on any atom is 0.404 e. The van der Waals surface area contributed by atoms with E-state index in [1.54, 1.807) is 19.2 Å². The topological polar surface area (TPSA) is 83.1 Å². The Morgan fingerprint density at radius 2 is 2.14 bits per heavy atom. The third kappa shape index (κ3) is 6.06. The van der Waals surface area contributed by atoms with Gasteiger partial charge in [0.05, 0.1) is 28.4 Å². The van der Waals surface area contributed by atoms with E-state index >= 15 is 0 Å². The number of nitrogens with one attached hydrogen (secondary N) is 1. The summed E-state index contributed by atoms with van der Waals surface area (Å²) in [7, 11) is -2.14. The van der Waals surface area contributed by atoms with Crippen LogP contribution in [0.25, 0.3) is 17.5 Å². The Morgan fingerprint density at radius 1 is 1.39 bits per heavy atom. The van der Waals surface area contributed by atoms with Gasteiger partial charge in [0.2, 0.25) is 0 Å². The van der Waals surface area contributed by atoms with Crippen LogP contribution in [0.15, 0.2) is 57.8 Å². The maximum absolute atomic E-state index is 13.7. The molecule has 3 rings (SSSR count). The molecule has 0 saturated carbocycles. The minimum atomic E-state index is -4.54. The summed E-state index contributed by atoms with van der Waals surface area (Å²) in [5, 5.41) is 10.1. The summed E-state index contributed by atoms with van der Waals surface area (Å²) >= 11 is 0. The second-order valence-electron chi connectivity index (χ2n) is 7.95. The highest BCUT2D eigenvalue weighted by Crippen LogP contribution is 2.34. The van der Waals surface area contributed by atoms with Gasteiger partial charge in [-0.1, -0.05) is 19.1 Å². The summed E-state index contributed by atoms with van der Waals surface area (Å²) in [6, 6.07) is 3.17. The largest absolute Gasteiger partial charge is 0.404 e. The van der Waals surface area contributed by atoms with Gasteiger partial charge in [0, 0.05) is 30.2 Å². The van der Waals surface area contributed by atoms with Crippen LogP contribution in [0.2, 0.25) is 0 Å². The smallest absolute Gasteiger partial charge is 0.336 e. The standard InChI is InChI=1S/C25H25F4N5OS/c1-4-17-11-20-21(12-30)24(34(23(20)15-31-13-17)10-6-7-18(26)5-2)22-9-8-19(14-32-22)36(35)33-16(3)25(27,28)29/h5-9,11,13-14,16,33H,4,10,15H2,1-3H3/b7-6-,18-5+. The molecule has 6 nitrogen and oxygen atoms in total. The quantitative estimate of drug-likeness (QED) is 0.354. The van der Waals surface area contributed by atoms with E-state index in [2.05, 4.69) is 16.0 Å². The average molecular weight is 520 g/mol. The van der Waals surface area contributed by atoms with Crippen molar-refractivity contribution in [3.05, 3.63) is 64.8 Å². The molecule has 0 fully saturated rings. The summed E-state index contributed by atoms with van der Waals surface area (Å²) in [6.07, 6.45) is 5.30. The van der Waals surface area contributed by atoms with Gasteiger partial charge in [-0.25, -0.2) is 13.3 Å². The molecule has 1 N–H and O–H groups in total. The number of allylic oxidation sites excluding steroid dienone is 5. The van der Waals surface area contributed by atoms with Crippen molar-refractivity contribution in [2.45, 2.75) is 57.4 Å². The van der Waals surface area contributed by atoms with E-state index in [-0.39, 0.29) is 11.4 Å². The van der Waals surface area contributed by atoms with Crippen molar-refractivity contribution in [3.63, 3.8) is 0 Å². The van der Waals surface area contributed by atoms with Crippen molar-refractivity contribution in [1.82, 2.24) is 14.3 Å². The Morgan fingerprint density at radius 3 is 2.72 bits per heavy atom. The Bertz CT molecular complexity index is 1300. The molecule has 2 aromatic rings. The number of aromatic nitrogens is 2. The number of aliphatic imine (C=N–C) groups is 1. The number of hydrogen-bond acceptors (Lipinski definition) is 4. The number of pyridine rings is 1. The number of hydrogen-bond donors (Lipinski definition) is 1. The highest BCUT2D eigenvalue weighted by Gasteiger charge is 2.37. The van der Waals surface area contributed by atoms with Gasteiger partial charge in [-0.3, -0.25) is 9.98 Å². The summed E-state index contributed by atoms with van der Waals surface area (Å²) < 4.78 is 68.3. The van der Waals surface area contributed by atoms with Crippen molar-refractivity contribution >= 4 is 23.3 Å². The third-order valence-electron chi connectivity index (χ3n) is 5.57. The van der Waals surface area contributed by atoms with Crippen molar-refractivity contribution in [2.75, 3.05) is 0 Å². The van der Waals surface area contributed by atoms with Crippen LogP contribution in [0.5, 0.6) is 0 Å².